The van der Waals surface area contributed by atoms with Crippen LogP contribution in [0, 0.1) is 6.92 Å². The zero-order chi connectivity index (χ0) is 25.0. The van der Waals surface area contributed by atoms with Crippen LogP contribution in [0.25, 0.3) is 16.4 Å². The van der Waals surface area contributed by atoms with Crippen molar-refractivity contribution in [2.45, 2.75) is 19.6 Å². The van der Waals surface area contributed by atoms with Crippen LogP contribution in [0.5, 0.6) is 5.88 Å². The molecule has 0 atom stereocenters. The molecule has 0 aliphatic rings. The molecule has 1 N–H and O–H groups in total. The number of carbonyl (C=O) groups is 1. The van der Waals surface area contributed by atoms with Crippen molar-refractivity contribution in [3.05, 3.63) is 77.4 Å². The lowest BCUT2D eigenvalue weighted by atomic mass is 10.0. The Morgan fingerprint density at radius 3 is 2.66 bits per heavy atom. The van der Waals surface area contributed by atoms with Gasteiger partial charge < -0.3 is 19.9 Å². The van der Waals surface area contributed by atoms with Gasteiger partial charge in [-0.3, -0.25) is 9.78 Å². The van der Waals surface area contributed by atoms with Crippen LogP contribution in [0.1, 0.15) is 17.0 Å². The van der Waals surface area contributed by atoms with Gasteiger partial charge in [0.05, 0.1) is 18.4 Å². The molecule has 0 fully saturated rings. The first-order chi connectivity index (χ1) is 16.7. The Balaban J connectivity index is 1.39. The molecule has 0 saturated carbocycles. The summed E-state index contributed by atoms with van der Waals surface area (Å²) in [5.74, 6) is 0.355. The number of aromatic nitrogens is 5. The van der Waals surface area contributed by atoms with E-state index >= 15 is 0 Å². The minimum atomic E-state index is -4.63. The van der Waals surface area contributed by atoms with Crippen LogP contribution in [0.15, 0.2) is 59.6 Å². The summed E-state index contributed by atoms with van der Waals surface area (Å²) in [4.78, 5) is 23.6. The van der Waals surface area contributed by atoms with E-state index in [-0.39, 0.29) is 11.6 Å². The van der Waals surface area contributed by atoms with Gasteiger partial charge in [-0.1, -0.05) is 24.3 Å². The first kappa shape index (κ1) is 23.6. The maximum absolute atomic E-state index is 12.8. The third-order valence-corrected chi connectivity index (χ3v) is 4.79. The van der Waals surface area contributed by atoms with Crippen LogP contribution in [0.3, 0.4) is 0 Å². The molecule has 0 bridgehead atoms. The number of benzene rings is 1. The SMILES string of the molecule is COc1ncnc(C)c1-c1ccc(C[n+]2cc([N-]C(=O)Nc3ccnc(C(F)(F)F)c3)on2)cc1. The fourth-order valence-electron chi connectivity index (χ4n) is 3.21. The van der Waals surface area contributed by atoms with Gasteiger partial charge in [-0.2, -0.15) is 13.2 Å². The number of urea groups is 1. The zero-order valence-corrected chi connectivity index (χ0v) is 18.4. The molecule has 4 aromatic rings. The van der Waals surface area contributed by atoms with Crippen molar-refractivity contribution in [1.82, 2.24) is 20.2 Å². The average Bonchev–Trinajstić information content (AvgIpc) is 3.25. The highest BCUT2D eigenvalue weighted by molar-refractivity contribution is 6.03. The number of rotatable bonds is 6. The Bertz CT molecular complexity index is 1340. The lowest BCUT2D eigenvalue weighted by Crippen LogP contribution is -2.35. The van der Waals surface area contributed by atoms with Gasteiger partial charge >= 0.3 is 6.18 Å². The van der Waals surface area contributed by atoms with Crippen molar-refractivity contribution >= 4 is 17.6 Å². The number of hydrogen-bond donors (Lipinski definition) is 1. The predicted molar refractivity (Wildman–Crippen MR) is 116 cm³/mol. The van der Waals surface area contributed by atoms with E-state index in [9.17, 15) is 18.0 Å². The molecule has 0 spiro atoms. The van der Waals surface area contributed by atoms with Crippen LogP contribution in [0.2, 0.25) is 0 Å². The van der Waals surface area contributed by atoms with Crippen molar-refractivity contribution in [1.29, 1.82) is 0 Å². The molecule has 180 valence electrons. The molecule has 0 saturated heterocycles. The number of anilines is 1. The van der Waals surface area contributed by atoms with Crippen molar-refractivity contribution in [2.75, 3.05) is 12.4 Å². The number of hydrogen-bond acceptors (Lipinski definition) is 7. The number of ether oxygens (including phenoxy) is 1. The second kappa shape index (κ2) is 9.75. The van der Waals surface area contributed by atoms with Crippen LogP contribution in [-0.2, 0) is 12.7 Å². The average molecular weight is 485 g/mol. The molecular weight excluding hydrogens is 467 g/mol. The Kier molecular flexibility index (Phi) is 6.57. The minimum Gasteiger partial charge on any atom is -0.480 e. The second-order valence-electron chi connectivity index (χ2n) is 7.25. The van der Waals surface area contributed by atoms with E-state index in [1.807, 2.05) is 31.2 Å². The van der Waals surface area contributed by atoms with Crippen molar-refractivity contribution in [2.24, 2.45) is 0 Å². The largest absolute Gasteiger partial charge is 0.480 e. The summed E-state index contributed by atoms with van der Waals surface area (Å²) >= 11 is 0. The Hall–Kier alpha value is -4.55. The van der Waals surface area contributed by atoms with Gasteiger partial charge in [-0.05, 0) is 35.0 Å². The van der Waals surface area contributed by atoms with Crippen LogP contribution in [0.4, 0.5) is 29.5 Å². The van der Waals surface area contributed by atoms with Gasteiger partial charge in [0.15, 0.2) is 11.3 Å². The van der Waals surface area contributed by atoms with Gasteiger partial charge in [0.2, 0.25) is 24.5 Å². The summed E-state index contributed by atoms with van der Waals surface area (Å²) in [6.07, 6.45) is -0.868. The van der Waals surface area contributed by atoms with Crippen molar-refractivity contribution in [3.63, 3.8) is 0 Å². The molecule has 0 aliphatic carbocycles. The normalized spacial score (nSPS) is 11.2. The second-order valence-corrected chi connectivity index (χ2v) is 7.25. The number of carbonyl (C=O) groups excluding carboxylic acids is 1. The van der Waals surface area contributed by atoms with Gasteiger partial charge in [-0.25, -0.2) is 9.97 Å². The molecule has 2 amide bonds. The van der Waals surface area contributed by atoms with Crippen LogP contribution in [-0.4, -0.2) is 33.4 Å². The number of nitrogens with zero attached hydrogens (tertiary/aromatic N) is 6. The molecule has 0 unspecified atom stereocenters. The summed E-state index contributed by atoms with van der Waals surface area (Å²) < 4.78 is 50.0. The monoisotopic (exact) mass is 485 g/mol. The standard InChI is InChI=1S/C22H18F3N7O3/c1-13-19(20(34-2)28-12-27-13)15-5-3-14(4-6-15)10-32-11-18(35-31-32)30-21(33)29-16-7-8-26-17(9-16)22(23,24)25/h3-9,11-12H,10H2,1-2H3,(H-,26,29,30,31,33). The van der Waals surface area contributed by atoms with E-state index in [0.717, 1.165) is 28.6 Å². The highest BCUT2D eigenvalue weighted by Gasteiger charge is 2.32. The zero-order valence-electron chi connectivity index (χ0n) is 18.4. The number of nitrogens with one attached hydrogen (secondary N) is 1. The molecule has 3 heterocycles. The highest BCUT2D eigenvalue weighted by Crippen LogP contribution is 2.30. The van der Waals surface area contributed by atoms with Crippen molar-refractivity contribution in [3.8, 4) is 17.0 Å². The Labute approximate surface area is 196 Å². The van der Waals surface area contributed by atoms with Gasteiger partial charge in [0.1, 0.15) is 12.0 Å². The van der Waals surface area contributed by atoms with E-state index in [0.29, 0.717) is 18.5 Å². The molecular formula is C22H18F3N7O3. The molecule has 3 aromatic heterocycles. The molecule has 0 aliphatic heterocycles. The summed E-state index contributed by atoms with van der Waals surface area (Å²) in [5, 5.41) is 9.71. The Morgan fingerprint density at radius 1 is 1.17 bits per heavy atom. The third kappa shape index (κ3) is 5.69. The quantitative estimate of drug-likeness (QED) is 0.401. The molecule has 35 heavy (non-hydrogen) atoms. The molecule has 4 rings (SSSR count). The number of alkyl halides is 3. The number of methoxy groups -OCH3 is 1. The predicted octanol–water partition coefficient (Wildman–Crippen LogP) is 4.44. The third-order valence-electron chi connectivity index (χ3n) is 4.79. The molecule has 13 heteroatoms. The lowest BCUT2D eigenvalue weighted by molar-refractivity contribution is -0.754. The molecule has 1 aromatic carbocycles. The lowest BCUT2D eigenvalue weighted by Gasteiger charge is -2.14. The van der Waals surface area contributed by atoms with E-state index in [1.54, 1.807) is 7.11 Å². The smallest absolute Gasteiger partial charge is 0.433 e. The van der Waals surface area contributed by atoms with Gasteiger partial charge in [0, 0.05) is 11.8 Å². The van der Waals surface area contributed by atoms with Crippen molar-refractivity contribution < 1.29 is 31.9 Å². The number of pyridine rings is 1. The van der Waals surface area contributed by atoms with Crippen LogP contribution < -0.4 is 14.7 Å². The topological polar surface area (TPSA) is 121 Å². The minimum absolute atomic E-state index is 0.107. The summed E-state index contributed by atoms with van der Waals surface area (Å²) in [7, 11) is 1.54. The molecule has 0 radical (unpaired) electrons. The summed E-state index contributed by atoms with van der Waals surface area (Å²) in [6, 6.07) is 8.55. The van der Waals surface area contributed by atoms with E-state index in [2.05, 4.69) is 30.9 Å². The first-order valence-electron chi connectivity index (χ1n) is 10.1. The highest BCUT2D eigenvalue weighted by atomic mass is 19.4. The summed E-state index contributed by atoms with van der Waals surface area (Å²) in [6.45, 7) is 2.19. The van der Waals surface area contributed by atoms with E-state index in [1.165, 1.54) is 23.3 Å². The van der Waals surface area contributed by atoms with Crippen LogP contribution >= 0.6 is 0 Å². The Morgan fingerprint density at radius 2 is 1.94 bits per heavy atom. The summed E-state index contributed by atoms with van der Waals surface area (Å²) in [5.41, 5.74) is 2.09. The van der Waals surface area contributed by atoms with E-state index < -0.39 is 17.9 Å². The first-order valence-corrected chi connectivity index (χ1v) is 10.1. The maximum atomic E-state index is 12.8. The fraction of sp³-hybridized carbons (Fsp3) is 0.182. The number of aryl methyl sites for hydroxylation is 1. The fourth-order valence-corrected chi connectivity index (χ4v) is 3.21. The van der Waals surface area contributed by atoms with E-state index in [4.69, 9.17) is 9.26 Å². The maximum Gasteiger partial charge on any atom is 0.433 e. The number of amides is 2. The molecule has 10 nitrogen and oxygen atoms in total. The number of halogens is 3. The van der Waals surface area contributed by atoms with Gasteiger partial charge in [0.25, 0.3) is 0 Å². The van der Waals surface area contributed by atoms with Gasteiger partial charge in [-0.15, -0.1) is 0 Å².